The van der Waals surface area contributed by atoms with Gasteiger partial charge in [-0.1, -0.05) is 42.8 Å². The second-order valence-corrected chi connectivity index (χ2v) is 5.01. The fraction of sp³-hybridized carbons (Fsp3) is 0.412. The quantitative estimate of drug-likeness (QED) is 0.514. The van der Waals surface area contributed by atoms with E-state index in [0.29, 0.717) is 19.4 Å². The molecule has 114 valence electrons. The van der Waals surface area contributed by atoms with Gasteiger partial charge in [-0.05, 0) is 18.4 Å². The summed E-state index contributed by atoms with van der Waals surface area (Å²) in [6.45, 7) is 4.39. The summed E-state index contributed by atoms with van der Waals surface area (Å²) >= 11 is 0. The number of hydrogen-bond acceptors (Lipinski definition) is 2. The minimum absolute atomic E-state index is 0.00184. The maximum absolute atomic E-state index is 11.9. The molecule has 0 aliphatic rings. The van der Waals surface area contributed by atoms with Crippen molar-refractivity contribution in [1.29, 1.82) is 0 Å². The van der Waals surface area contributed by atoms with Crippen molar-refractivity contribution in [2.45, 2.75) is 38.0 Å². The van der Waals surface area contributed by atoms with E-state index >= 15 is 0 Å². The van der Waals surface area contributed by atoms with Gasteiger partial charge in [-0.2, -0.15) is 0 Å². The zero-order chi connectivity index (χ0) is 15.5. The van der Waals surface area contributed by atoms with Crippen LogP contribution in [0.3, 0.4) is 0 Å². The molecular formula is C17H23NO3. The van der Waals surface area contributed by atoms with Crippen molar-refractivity contribution in [2.75, 3.05) is 6.54 Å². The molecule has 0 aliphatic heterocycles. The van der Waals surface area contributed by atoms with Crippen LogP contribution in [0.15, 0.2) is 43.0 Å². The Labute approximate surface area is 125 Å². The molecule has 1 atom stereocenters. The standard InChI is InChI=1S/C17H23NO3/c1-2-14(15-9-5-3-6-10-15)13-16(19)18-12-8-4-7-11-17(20)21/h2-3,5-6,9-10,14H,1,4,7-8,11-13H2,(H,18,19)(H,20,21). The summed E-state index contributed by atoms with van der Waals surface area (Å²) < 4.78 is 0. The summed E-state index contributed by atoms with van der Waals surface area (Å²) in [4.78, 5) is 22.2. The first kappa shape index (κ1) is 17.0. The van der Waals surface area contributed by atoms with Gasteiger partial charge >= 0.3 is 5.97 Å². The molecular weight excluding hydrogens is 266 g/mol. The molecule has 1 aromatic carbocycles. The van der Waals surface area contributed by atoms with Crippen LogP contribution in [0.1, 0.15) is 43.6 Å². The van der Waals surface area contributed by atoms with Gasteiger partial charge in [-0.15, -0.1) is 6.58 Å². The van der Waals surface area contributed by atoms with E-state index in [9.17, 15) is 9.59 Å². The van der Waals surface area contributed by atoms with Crippen molar-refractivity contribution in [3.05, 3.63) is 48.6 Å². The lowest BCUT2D eigenvalue weighted by atomic mass is 9.95. The number of nitrogens with one attached hydrogen (secondary N) is 1. The molecule has 4 nitrogen and oxygen atoms in total. The Morgan fingerprint density at radius 1 is 1.19 bits per heavy atom. The number of hydrogen-bond donors (Lipinski definition) is 2. The van der Waals surface area contributed by atoms with E-state index in [2.05, 4.69) is 11.9 Å². The predicted molar refractivity (Wildman–Crippen MR) is 83.1 cm³/mol. The van der Waals surface area contributed by atoms with Crippen LogP contribution in [-0.2, 0) is 9.59 Å². The maximum Gasteiger partial charge on any atom is 0.303 e. The Morgan fingerprint density at radius 3 is 2.52 bits per heavy atom. The van der Waals surface area contributed by atoms with Crippen LogP contribution in [0, 0.1) is 0 Å². The molecule has 21 heavy (non-hydrogen) atoms. The first-order chi connectivity index (χ1) is 10.1. The highest BCUT2D eigenvalue weighted by atomic mass is 16.4. The predicted octanol–water partition coefficient (Wildman–Crippen LogP) is 3.11. The van der Waals surface area contributed by atoms with Crippen molar-refractivity contribution < 1.29 is 14.7 Å². The SMILES string of the molecule is C=CC(CC(=O)NCCCCCC(=O)O)c1ccccc1. The lowest BCUT2D eigenvalue weighted by Gasteiger charge is -2.13. The Morgan fingerprint density at radius 2 is 1.90 bits per heavy atom. The molecule has 1 unspecified atom stereocenters. The van der Waals surface area contributed by atoms with Crippen LogP contribution in [0.25, 0.3) is 0 Å². The number of carboxylic acids is 1. The van der Waals surface area contributed by atoms with E-state index in [0.717, 1.165) is 18.4 Å². The topological polar surface area (TPSA) is 66.4 Å². The van der Waals surface area contributed by atoms with E-state index in [-0.39, 0.29) is 18.2 Å². The number of benzene rings is 1. The Hall–Kier alpha value is -2.10. The number of aliphatic carboxylic acids is 1. The monoisotopic (exact) mass is 289 g/mol. The van der Waals surface area contributed by atoms with Crippen molar-refractivity contribution in [1.82, 2.24) is 5.32 Å². The van der Waals surface area contributed by atoms with Gasteiger partial charge in [-0.25, -0.2) is 0 Å². The number of amides is 1. The average molecular weight is 289 g/mol. The van der Waals surface area contributed by atoms with Crippen LogP contribution >= 0.6 is 0 Å². The number of allylic oxidation sites excluding steroid dienone is 1. The summed E-state index contributed by atoms with van der Waals surface area (Å²) in [6, 6.07) is 9.83. The van der Waals surface area contributed by atoms with Crippen LogP contribution < -0.4 is 5.32 Å². The van der Waals surface area contributed by atoms with Gasteiger partial charge in [0.1, 0.15) is 0 Å². The van der Waals surface area contributed by atoms with Crippen molar-refractivity contribution in [3.8, 4) is 0 Å². The van der Waals surface area contributed by atoms with Gasteiger partial charge in [0.05, 0.1) is 0 Å². The fourth-order valence-electron chi connectivity index (χ4n) is 2.12. The van der Waals surface area contributed by atoms with Crippen molar-refractivity contribution >= 4 is 11.9 Å². The largest absolute Gasteiger partial charge is 0.481 e. The molecule has 1 amide bonds. The molecule has 0 heterocycles. The highest BCUT2D eigenvalue weighted by Gasteiger charge is 2.12. The molecule has 1 aromatic rings. The number of unbranched alkanes of at least 4 members (excludes halogenated alkanes) is 2. The van der Waals surface area contributed by atoms with E-state index in [1.807, 2.05) is 30.3 Å². The number of carbonyl (C=O) groups is 2. The second kappa shape index (κ2) is 9.75. The third kappa shape index (κ3) is 7.30. The highest BCUT2D eigenvalue weighted by molar-refractivity contribution is 5.77. The first-order valence-electron chi connectivity index (χ1n) is 7.29. The summed E-state index contributed by atoms with van der Waals surface area (Å²) in [5.74, 6) is -0.740. The molecule has 1 rings (SSSR count). The molecule has 0 aliphatic carbocycles. The van der Waals surface area contributed by atoms with E-state index in [4.69, 9.17) is 5.11 Å². The van der Waals surface area contributed by atoms with Crippen LogP contribution in [0.5, 0.6) is 0 Å². The number of carbonyl (C=O) groups excluding carboxylic acids is 1. The Bertz CT molecular complexity index is 456. The molecule has 0 radical (unpaired) electrons. The summed E-state index contributed by atoms with van der Waals surface area (Å²) in [7, 11) is 0. The molecule has 0 saturated carbocycles. The molecule has 0 saturated heterocycles. The highest BCUT2D eigenvalue weighted by Crippen LogP contribution is 2.20. The van der Waals surface area contributed by atoms with E-state index in [1.165, 1.54) is 0 Å². The second-order valence-electron chi connectivity index (χ2n) is 5.01. The van der Waals surface area contributed by atoms with Gasteiger partial charge in [0.2, 0.25) is 5.91 Å². The van der Waals surface area contributed by atoms with Gasteiger partial charge in [0.15, 0.2) is 0 Å². The third-order valence-corrected chi connectivity index (χ3v) is 3.31. The summed E-state index contributed by atoms with van der Waals surface area (Å²) in [5, 5.41) is 11.4. The average Bonchev–Trinajstić information content (AvgIpc) is 2.49. The molecule has 0 spiro atoms. The van der Waals surface area contributed by atoms with Crippen LogP contribution in [-0.4, -0.2) is 23.5 Å². The maximum atomic E-state index is 11.9. The Kier molecular flexibility index (Phi) is 7.87. The third-order valence-electron chi connectivity index (χ3n) is 3.31. The van der Waals surface area contributed by atoms with Crippen molar-refractivity contribution in [2.24, 2.45) is 0 Å². The normalized spacial score (nSPS) is 11.6. The number of rotatable bonds is 10. The fourth-order valence-corrected chi connectivity index (χ4v) is 2.12. The summed E-state index contributed by atoms with van der Waals surface area (Å²) in [6.07, 6.45) is 4.66. The smallest absolute Gasteiger partial charge is 0.303 e. The van der Waals surface area contributed by atoms with E-state index in [1.54, 1.807) is 6.08 Å². The zero-order valence-electron chi connectivity index (χ0n) is 12.3. The molecule has 0 aromatic heterocycles. The van der Waals surface area contributed by atoms with Gasteiger partial charge in [0.25, 0.3) is 0 Å². The van der Waals surface area contributed by atoms with Crippen molar-refractivity contribution in [3.63, 3.8) is 0 Å². The lowest BCUT2D eigenvalue weighted by Crippen LogP contribution is -2.25. The molecule has 2 N–H and O–H groups in total. The zero-order valence-corrected chi connectivity index (χ0v) is 12.3. The molecule has 0 bridgehead atoms. The minimum atomic E-state index is -0.768. The molecule has 4 heteroatoms. The summed E-state index contributed by atoms with van der Waals surface area (Å²) in [5.41, 5.74) is 1.09. The van der Waals surface area contributed by atoms with Crippen LogP contribution in [0.2, 0.25) is 0 Å². The lowest BCUT2D eigenvalue weighted by molar-refractivity contribution is -0.137. The molecule has 0 fully saturated rings. The minimum Gasteiger partial charge on any atom is -0.481 e. The van der Waals surface area contributed by atoms with Gasteiger partial charge in [-0.3, -0.25) is 9.59 Å². The number of carboxylic acid groups (broad SMARTS) is 1. The van der Waals surface area contributed by atoms with Gasteiger partial charge in [0, 0.05) is 25.3 Å². The van der Waals surface area contributed by atoms with Crippen LogP contribution in [0.4, 0.5) is 0 Å². The van der Waals surface area contributed by atoms with Gasteiger partial charge < -0.3 is 10.4 Å². The Balaban J connectivity index is 2.23. The first-order valence-corrected chi connectivity index (χ1v) is 7.29. The van der Waals surface area contributed by atoms with E-state index < -0.39 is 5.97 Å².